The summed E-state index contributed by atoms with van der Waals surface area (Å²) >= 11 is 0. The van der Waals surface area contributed by atoms with Crippen LogP contribution < -0.4 is 0 Å². The molecule has 0 aliphatic heterocycles. The molecule has 1 N–H and O–H groups in total. The van der Waals surface area contributed by atoms with Gasteiger partial charge in [-0.05, 0) is 24.3 Å². The monoisotopic (exact) mass is 316 g/mol. The zero-order valence-electron chi connectivity index (χ0n) is 11.6. The maximum Gasteiger partial charge on any atom is 0.337 e. The maximum absolute atomic E-state index is 11.7. The van der Waals surface area contributed by atoms with Crippen molar-refractivity contribution in [3.8, 4) is 11.3 Å². The molecule has 0 unspecified atom stereocenters. The number of imidazole rings is 1. The Hall–Kier alpha value is -2.67. The number of pyridine rings is 1. The third-order valence-corrected chi connectivity index (χ3v) is 4.43. The Labute approximate surface area is 126 Å². The van der Waals surface area contributed by atoms with Crippen LogP contribution in [0.4, 0.5) is 0 Å². The molecule has 0 saturated carbocycles. The van der Waals surface area contributed by atoms with Gasteiger partial charge in [-0.25, -0.2) is 18.2 Å². The summed E-state index contributed by atoms with van der Waals surface area (Å²) in [6, 6.07) is 9.42. The summed E-state index contributed by atoms with van der Waals surface area (Å²) in [5.41, 5.74) is 1.53. The Balaban J connectivity index is 2.30. The fourth-order valence-corrected chi connectivity index (χ4v) is 2.98. The van der Waals surface area contributed by atoms with Crippen molar-refractivity contribution in [2.24, 2.45) is 0 Å². The fraction of sp³-hybridized carbons (Fsp3) is 0.0667. The lowest BCUT2D eigenvalue weighted by molar-refractivity contribution is 0.0698. The molecule has 0 atom stereocenters. The molecule has 2 heterocycles. The van der Waals surface area contributed by atoms with E-state index in [1.807, 2.05) is 0 Å². The summed E-state index contributed by atoms with van der Waals surface area (Å²) in [5.74, 6) is -1.06. The van der Waals surface area contributed by atoms with Gasteiger partial charge in [0, 0.05) is 18.0 Å². The molecule has 3 rings (SSSR count). The van der Waals surface area contributed by atoms with Gasteiger partial charge in [-0.2, -0.15) is 0 Å². The van der Waals surface area contributed by atoms with Crippen LogP contribution in [0.15, 0.2) is 53.8 Å². The average Bonchev–Trinajstić information content (AvgIpc) is 2.90. The van der Waals surface area contributed by atoms with Gasteiger partial charge in [-0.1, -0.05) is 12.1 Å². The highest BCUT2D eigenvalue weighted by atomic mass is 32.2. The number of carboxylic acid groups (broad SMARTS) is 1. The lowest BCUT2D eigenvalue weighted by Gasteiger charge is -2.04. The van der Waals surface area contributed by atoms with Crippen LogP contribution in [0, 0.1) is 0 Å². The second-order valence-electron chi connectivity index (χ2n) is 4.88. The van der Waals surface area contributed by atoms with E-state index in [2.05, 4.69) is 4.98 Å². The second kappa shape index (κ2) is 4.96. The van der Waals surface area contributed by atoms with Crippen molar-refractivity contribution in [2.75, 3.05) is 6.26 Å². The molecular weight excluding hydrogens is 304 g/mol. The van der Waals surface area contributed by atoms with Gasteiger partial charge in [0.05, 0.1) is 28.0 Å². The van der Waals surface area contributed by atoms with Gasteiger partial charge in [-0.3, -0.25) is 0 Å². The number of hydrogen-bond donors (Lipinski definition) is 1. The summed E-state index contributed by atoms with van der Waals surface area (Å²) < 4.78 is 25.0. The fourth-order valence-electron chi connectivity index (χ4n) is 2.31. The Kier molecular flexibility index (Phi) is 3.22. The molecule has 0 saturated heterocycles. The van der Waals surface area contributed by atoms with E-state index in [4.69, 9.17) is 0 Å². The first-order valence-electron chi connectivity index (χ1n) is 6.37. The van der Waals surface area contributed by atoms with Gasteiger partial charge in [-0.15, -0.1) is 0 Å². The number of hydrogen-bond acceptors (Lipinski definition) is 4. The van der Waals surface area contributed by atoms with Crippen molar-refractivity contribution in [2.45, 2.75) is 4.90 Å². The van der Waals surface area contributed by atoms with E-state index >= 15 is 0 Å². The van der Waals surface area contributed by atoms with Crippen molar-refractivity contribution in [3.05, 3.63) is 54.5 Å². The van der Waals surface area contributed by atoms with Crippen LogP contribution in [0.5, 0.6) is 0 Å². The van der Waals surface area contributed by atoms with Crippen molar-refractivity contribution in [1.82, 2.24) is 9.38 Å². The van der Waals surface area contributed by atoms with Gasteiger partial charge in [0.25, 0.3) is 0 Å². The van der Waals surface area contributed by atoms with Gasteiger partial charge < -0.3 is 9.51 Å². The number of nitrogens with zero attached hydrogens (tertiary/aromatic N) is 2. The Morgan fingerprint density at radius 1 is 1.23 bits per heavy atom. The zero-order valence-corrected chi connectivity index (χ0v) is 12.4. The Morgan fingerprint density at radius 2 is 2.00 bits per heavy atom. The van der Waals surface area contributed by atoms with Crippen LogP contribution >= 0.6 is 0 Å². The molecule has 112 valence electrons. The molecule has 0 spiro atoms. The molecular formula is C15H12N2O4S. The predicted octanol–water partition coefficient (Wildman–Crippen LogP) is 2.10. The third kappa shape index (κ3) is 2.35. The number of sulfone groups is 1. The quantitative estimate of drug-likeness (QED) is 0.799. The van der Waals surface area contributed by atoms with E-state index < -0.39 is 15.8 Å². The average molecular weight is 316 g/mol. The highest BCUT2D eigenvalue weighted by Crippen LogP contribution is 2.27. The number of aromatic carboxylic acids is 1. The van der Waals surface area contributed by atoms with Gasteiger partial charge >= 0.3 is 5.97 Å². The number of benzene rings is 1. The SMILES string of the molecule is CS(=O)(=O)c1cccc(-c2ncn3cccc(C(=O)O)c23)c1. The number of rotatable bonds is 3. The first-order chi connectivity index (χ1) is 10.4. The maximum atomic E-state index is 11.7. The third-order valence-electron chi connectivity index (χ3n) is 3.32. The summed E-state index contributed by atoms with van der Waals surface area (Å²) in [6.45, 7) is 0. The van der Waals surface area contributed by atoms with Crippen molar-refractivity contribution >= 4 is 21.3 Å². The summed E-state index contributed by atoms with van der Waals surface area (Å²) in [7, 11) is -3.35. The normalized spacial score (nSPS) is 11.7. The standard InChI is InChI=1S/C15H12N2O4S/c1-22(20,21)11-5-2-4-10(8-11)13-14-12(15(18)19)6-3-7-17(14)9-16-13/h2-9H,1H3,(H,18,19). The minimum atomic E-state index is -3.35. The molecule has 3 aromatic rings. The summed E-state index contributed by atoms with van der Waals surface area (Å²) in [6.07, 6.45) is 4.32. The molecule has 0 fully saturated rings. The molecule has 22 heavy (non-hydrogen) atoms. The highest BCUT2D eigenvalue weighted by Gasteiger charge is 2.17. The number of aromatic nitrogens is 2. The smallest absolute Gasteiger partial charge is 0.337 e. The van der Waals surface area contributed by atoms with Crippen molar-refractivity contribution in [3.63, 3.8) is 0 Å². The Bertz CT molecular complexity index is 990. The van der Waals surface area contributed by atoms with E-state index in [0.29, 0.717) is 16.8 Å². The summed E-state index contributed by atoms with van der Waals surface area (Å²) in [4.78, 5) is 15.8. The molecule has 0 radical (unpaired) electrons. The number of carbonyl (C=O) groups is 1. The van der Waals surface area contributed by atoms with Gasteiger partial charge in [0.15, 0.2) is 9.84 Å². The zero-order chi connectivity index (χ0) is 15.9. The van der Waals surface area contributed by atoms with E-state index in [9.17, 15) is 18.3 Å². The molecule has 1 aromatic carbocycles. The first-order valence-corrected chi connectivity index (χ1v) is 8.26. The first kappa shape index (κ1) is 14.3. The number of fused-ring (bicyclic) bond motifs is 1. The second-order valence-corrected chi connectivity index (χ2v) is 6.89. The van der Waals surface area contributed by atoms with Crippen LogP contribution in [-0.2, 0) is 9.84 Å². The molecule has 6 nitrogen and oxygen atoms in total. The van der Waals surface area contributed by atoms with Crippen molar-refractivity contribution < 1.29 is 18.3 Å². The lowest BCUT2D eigenvalue weighted by atomic mass is 10.1. The Morgan fingerprint density at radius 3 is 2.68 bits per heavy atom. The van der Waals surface area contributed by atoms with Crippen LogP contribution in [0.2, 0.25) is 0 Å². The predicted molar refractivity (Wildman–Crippen MR) is 80.7 cm³/mol. The van der Waals surface area contributed by atoms with E-state index in [-0.39, 0.29) is 10.5 Å². The molecule has 0 bridgehead atoms. The number of carboxylic acids is 1. The minimum Gasteiger partial charge on any atom is -0.478 e. The van der Waals surface area contributed by atoms with Crippen LogP contribution in [-0.4, -0.2) is 35.1 Å². The molecule has 0 amide bonds. The van der Waals surface area contributed by atoms with Crippen molar-refractivity contribution in [1.29, 1.82) is 0 Å². The summed E-state index contributed by atoms with van der Waals surface area (Å²) in [5, 5.41) is 9.32. The molecule has 2 aromatic heterocycles. The molecule has 7 heteroatoms. The molecule has 0 aliphatic carbocycles. The highest BCUT2D eigenvalue weighted by molar-refractivity contribution is 7.90. The van der Waals surface area contributed by atoms with Crippen LogP contribution in [0.3, 0.4) is 0 Å². The lowest BCUT2D eigenvalue weighted by Crippen LogP contribution is -2.00. The van der Waals surface area contributed by atoms with Crippen LogP contribution in [0.1, 0.15) is 10.4 Å². The van der Waals surface area contributed by atoms with Gasteiger partial charge in [0.2, 0.25) is 0 Å². The van der Waals surface area contributed by atoms with E-state index in [0.717, 1.165) is 6.26 Å². The molecule has 0 aliphatic rings. The minimum absolute atomic E-state index is 0.111. The van der Waals surface area contributed by atoms with E-state index in [1.165, 1.54) is 24.5 Å². The van der Waals surface area contributed by atoms with E-state index in [1.54, 1.807) is 28.8 Å². The van der Waals surface area contributed by atoms with Gasteiger partial charge in [0.1, 0.15) is 0 Å². The topological polar surface area (TPSA) is 88.7 Å². The largest absolute Gasteiger partial charge is 0.478 e. The van der Waals surface area contributed by atoms with Crippen LogP contribution in [0.25, 0.3) is 16.8 Å².